The van der Waals surface area contributed by atoms with Crippen LogP contribution in [-0.2, 0) is 7.05 Å². The number of hydrogen-bond donors (Lipinski definition) is 0. The van der Waals surface area contributed by atoms with Gasteiger partial charge in [0, 0.05) is 23.0 Å². The average Bonchev–Trinajstić information content (AvgIpc) is 2.67. The average molecular weight is 258 g/mol. The Morgan fingerprint density at radius 2 is 1.89 bits per heavy atom. The Kier molecular flexibility index (Phi) is 2.56. The first-order chi connectivity index (χ1) is 8.65. The molecule has 0 unspecified atom stereocenters. The lowest BCUT2D eigenvalue weighted by Gasteiger charge is -2.03. The van der Waals surface area contributed by atoms with E-state index in [1.165, 1.54) is 0 Å². The Bertz CT molecular complexity index is 714. The smallest absolute Gasteiger partial charge is 0.109 e. The summed E-state index contributed by atoms with van der Waals surface area (Å²) in [5.41, 5.74) is 3.97. The van der Waals surface area contributed by atoms with Gasteiger partial charge >= 0.3 is 0 Å². The fraction of sp³-hybridized carbons (Fsp3) is 0.143. The lowest BCUT2D eigenvalue weighted by Crippen LogP contribution is -1.95. The number of hydrogen-bond acceptors (Lipinski definition) is 2. The predicted molar refractivity (Wildman–Crippen MR) is 73.7 cm³/mol. The highest BCUT2D eigenvalue weighted by Gasteiger charge is 2.09. The van der Waals surface area contributed by atoms with Crippen molar-refractivity contribution in [3.05, 3.63) is 47.1 Å². The van der Waals surface area contributed by atoms with Crippen LogP contribution in [-0.4, -0.2) is 14.8 Å². The lowest BCUT2D eigenvalue weighted by molar-refractivity contribution is 0.935. The number of halogens is 1. The zero-order valence-electron chi connectivity index (χ0n) is 10.2. The molecule has 0 N–H and O–H groups in total. The van der Waals surface area contributed by atoms with Crippen molar-refractivity contribution >= 4 is 22.5 Å². The van der Waals surface area contributed by atoms with E-state index in [4.69, 9.17) is 11.6 Å². The minimum atomic E-state index is 0.745. The monoisotopic (exact) mass is 257 g/mol. The van der Waals surface area contributed by atoms with Gasteiger partial charge in [-0.25, -0.2) is 0 Å². The Hall–Kier alpha value is -1.87. The van der Waals surface area contributed by atoms with Crippen molar-refractivity contribution in [1.82, 2.24) is 14.8 Å². The third-order valence-corrected chi connectivity index (χ3v) is 3.30. The predicted octanol–water partition coefficient (Wildman–Crippen LogP) is 3.60. The summed E-state index contributed by atoms with van der Waals surface area (Å²) in [6.07, 6.45) is 0. The minimum absolute atomic E-state index is 0.745. The molecule has 0 spiro atoms. The van der Waals surface area contributed by atoms with Crippen LogP contribution >= 0.6 is 11.6 Å². The molecule has 0 fully saturated rings. The van der Waals surface area contributed by atoms with Crippen LogP contribution in [0.3, 0.4) is 0 Å². The summed E-state index contributed by atoms with van der Waals surface area (Å²) in [5.74, 6) is 0. The highest BCUT2D eigenvalue weighted by atomic mass is 35.5. The number of aromatic nitrogens is 3. The van der Waals surface area contributed by atoms with E-state index in [1.807, 2.05) is 44.3 Å². The fourth-order valence-corrected chi connectivity index (χ4v) is 2.28. The van der Waals surface area contributed by atoms with Gasteiger partial charge < -0.3 is 4.57 Å². The normalized spacial score (nSPS) is 11.1. The van der Waals surface area contributed by atoms with Crippen molar-refractivity contribution in [3.8, 4) is 11.4 Å². The molecule has 4 heteroatoms. The van der Waals surface area contributed by atoms with Crippen LogP contribution in [0.15, 0.2) is 36.4 Å². The van der Waals surface area contributed by atoms with Gasteiger partial charge in [-0.2, -0.15) is 5.10 Å². The summed E-state index contributed by atoms with van der Waals surface area (Å²) in [4.78, 5) is 0. The van der Waals surface area contributed by atoms with Crippen LogP contribution < -0.4 is 0 Å². The van der Waals surface area contributed by atoms with Gasteiger partial charge in [0.2, 0.25) is 0 Å². The molecule has 18 heavy (non-hydrogen) atoms. The van der Waals surface area contributed by atoms with Gasteiger partial charge in [-0.15, -0.1) is 5.10 Å². The zero-order chi connectivity index (χ0) is 12.7. The van der Waals surface area contributed by atoms with Gasteiger partial charge in [0.25, 0.3) is 0 Å². The number of nitrogens with zero attached hydrogens (tertiary/aromatic N) is 3. The highest BCUT2D eigenvalue weighted by Crippen LogP contribution is 2.27. The third kappa shape index (κ3) is 1.77. The molecular weight excluding hydrogens is 246 g/mol. The Balaban J connectivity index is 2.23. The van der Waals surface area contributed by atoms with E-state index in [9.17, 15) is 0 Å². The van der Waals surface area contributed by atoms with Crippen molar-refractivity contribution in [2.45, 2.75) is 6.92 Å². The second kappa shape index (κ2) is 4.10. The summed E-state index contributed by atoms with van der Waals surface area (Å²) in [5, 5.41) is 10.2. The van der Waals surface area contributed by atoms with Crippen LogP contribution in [0.1, 0.15) is 5.69 Å². The number of aryl methyl sites for hydroxylation is 2. The molecule has 2 aromatic heterocycles. The van der Waals surface area contributed by atoms with Crippen molar-refractivity contribution in [3.63, 3.8) is 0 Å². The third-order valence-electron chi connectivity index (χ3n) is 3.06. The van der Waals surface area contributed by atoms with Gasteiger partial charge in [-0.3, -0.25) is 0 Å². The first kappa shape index (κ1) is 11.2. The molecule has 3 rings (SSSR count). The number of rotatable bonds is 1. The number of benzene rings is 1. The molecule has 0 aliphatic carbocycles. The van der Waals surface area contributed by atoms with Gasteiger partial charge in [-0.1, -0.05) is 11.6 Å². The molecular formula is C14H12ClN3. The maximum Gasteiger partial charge on any atom is 0.109 e. The van der Waals surface area contributed by atoms with E-state index in [0.29, 0.717) is 0 Å². The molecule has 0 aliphatic rings. The summed E-state index contributed by atoms with van der Waals surface area (Å²) < 4.78 is 2.10. The Morgan fingerprint density at radius 3 is 2.61 bits per heavy atom. The molecule has 0 atom stereocenters. The summed E-state index contributed by atoms with van der Waals surface area (Å²) in [7, 11) is 2.02. The van der Waals surface area contributed by atoms with Crippen molar-refractivity contribution in [2.75, 3.05) is 0 Å². The molecule has 3 nitrogen and oxygen atoms in total. The van der Waals surface area contributed by atoms with Crippen LogP contribution in [0.5, 0.6) is 0 Å². The molecule has 0 saturated carbocycles. The fourth-order valence-electron chi connectivity index (χ4n) is 2.10. The van der Waals surface area contributed by atoms with Crippen molar-refractivity contribution < 1.29 is 0 Å². The Labute approximate surface area is 110 Å². The molecule has 2 heterocycles. The van der Waals surface area contributed by atoms with Crippen LogP contribution in [0.25, 0.3) is 22.3 Å². The molecule has 0 amide bonds. The molecule has 0 saturated heterocycles. The SMILES string of the molecule is Cc1ccc(-c2cc3cc(Cl)ccc3n2C)nn1. The van der Waals surface area contributed by atoms with Gasteiger partial charge in [0.15, 0.2) is 0 Å². The maximum atomic E-state index is 6.01. The summed E-state index contributed by atoms with van der Waals surface area (Å²) in [6.45, 7) is 1.93. The first-order valence-corrected chi connectivity index (χ1v) is 6.08. The lowest BCUT2D eigenvalue weighted by atomic mass is 10.2. The van der Waals surface area contributed by atoms with E-state index >= 15 is 0 Å². The zero-order valence-corrected chi connectivity index (χ0v) is 10.9. The Morgan fingerprint density at radius 1 is 1.06 bits per heavy atom. The molecule has 0 aliphatic heterocycles. The van der Waals surface area contributed by atoms with E-state index in [2.05, 4.69) is 20.8 Å². The standard InChI is InChI=1S/C14H12ClN3/c1-9-3-5-12(17-16-9)14-8-10-7-11(15)4-6-13(10)18(14)2/h3-8H,1-2H3. The van der Waals surface area contributed by atoms with Gasteiger partial charge in [-0.05, 0) is 43.3 Å². The van der Waals surface area contributed by atoms with Crippen LogP contribution in [0, 0.1) is 6.92 Å². The van der Waals surface area contributed by atoms with Crippen molar-refractivity contribution in [1.29, 1.82) is 0 Å². The first-order valence-electron chi connectivity index (χ1n) is 5.71. The maximum absolute atomic E-state index is 6.01. The highest BCUT2D eigenvalue weighted by molar-refractivity contribution is 6.31. The second-order valence-electron chi connectivity index (χ2n) is 4.35. The number of fused-ring (bicyclic) bond motifs is 1. The summed E-state index contributed by atoms with van der Waals surface area (Å²) in [6, 6.07) is 11.9. The van der Waals surface area contributed by atoms with E-state index in [0.717, 1.165) is 33.0 Å². The van der Waals surface area contributed by atoms with Crippen LogP contribution in [0.2, 0.25) is 5.02 Å². The minimum Gasteiger partial charge on any atom is -0.342 e. The van der Waals surface area contributed by atoms with Gasteiger partial charge in [0.1, 0.15) is 5.69 Å². The van der Waals surface area contributed by atoms with Crippen molar-refractivity contribution in [2.24, 2.45) is 7.05 Å². The molecule has 3 aromatic rings. The topological polar surface area (TPSA) is 30.7 Å². The largest absolute Gasteiger partial charge is 0.342 e. The van der Waals surface area contributed by atoms with Crippen LogP contribution in [0.4, 0.5) is 0 Å². The molecule has 0 bridgehead atoms. The van der Waals surface area contributed by atoms with E-state index in [-0.39, 0.29) is 0 Å². The second-order valence-corrected chi connectivity index (χ2v) is 4.79. The van der Waals surface area contributed by atoms with Gasteiger partial charge in [0.05, 0.1) is 11.4 Å². The molecule has 90 valence electrons. The van der Waals surface area contributed by atoms with E-state index in [1.54, 1.807) is 0 Å². The quantitative estimate of drug-likeness (QED) is 0.667. The van der Waals surface area contributed by atoms with E-state index < -0.39 is 0 Å². The summed E-state index contributed by atoms with van der Waals surface area (Å²) >= 11 is 6.01. The molecule has 0 radical (unpaired) electrons. The molecule has 1 aromatic carbocycles.